The largest absolute Gasteiger partial charge is 0.456 e. The van der Waals surface area contributed by atoms with E-state index in [1.807, 2.05) is 30.3 Å². The second-order valence-corrected chi connectivity index (χ2v) is 6.34. The van der Waals surface area contributed by atoms with E-state index in [2.05, 4.69) is 10.3 Å². The Morgan fingerprint density at radius 1 is 1.15 bits per heavy atom. The molecule has 0 saturated heterocycles. The molecule has 0 amide bonds. The normalized spacial score (nSPS) is 11.0. The summed E-state index contributed by atoms with van der Waals surface area (Å²) in [6.07, 6.45) is 4.78. The average Bonchev–Trinajstić information content (AvgIpc) is 3.09. The van der Waals surface area contributed by atoms with Crippen LogP contribution in [0.5, 0.6) is 0 Å². The lowest BCUT2D eigenvalue weighted by atomic mass is 10.2. The van der Waals surface area contributed by atoms with Gasteiger partial charge in [0, 0.05) is 16.1 Å². The van der Waals surface area contributed by atoms with Gasteiger partial charge in [-0.15, -0.1) is 5.10 Å². The highest BCUT2D eigenvalue weighted by Crippen LogP contribution is 2.21. The van der Waals surface area contributed by atoms with E-state index < -0.39 is 5.97 Å². The molecule has 5 nitrogen and oxygen atoms in total. The summed E-state index contributed by atoms with van der Waals surface area (Å²) in [5.74, 6) is -0.443. The Hall–Kier alpha value is -2.63. The smallest absolute Gasteiger partial charge is 0.331 e. The topological polar surface area (TPSA) is 57.0 Å². The Balaban J connectivity index is 1.54. The van der Waals surface area contributed by atoms with Gasteiger partial charge in [-0.2, -0.15) is 0 Å². The van der Waals surface area contributed by atoms with Gasteiger partial charge in [0.15, 0.2) is 0 Å². The number of rotatable bonds is 6. The molecule has 0 fully saturated rings. The minimum Gasteiger partial charge on any atom is -0.456 e. The third-order valence-corrected chi connectivity index (χ3v) is 4.10. The maximum Gasteiger partial charge on any atom is 0.331 e. The molecule has 0 aliphatic heterocycles. The fourth-order valence-corrected chi connectivity index (χ4v) is 2.61. The zero-order valence-electron chi connectivity index (χ0n) is 13.7. The Labute approximate surface area is 160 Å². The van der Waals surface area contributed by atoms with Crippen molar-refractivity contribution in [2.45, 2.75) is 13.2 Å². The van der Waals surface area contributed by atoms with Crippen LogP contribution in [0.25, 0.3) is 6.08 Å². The molecule has 0 radical (unpaired) electrons. The van der Waals surface area contributed by atoms with Gasteiger partial charge in [-0.25, -0.2) is 9.48 Å². The van der Waals surface area contributed by atoms with Crippen LogP contribution in [-0.4, -0.2) is 21.0 Å². The van der Waals surface area contributed by atoms with Gasteiger partial charge in [-0.3, -0.25) is 0 Å². The molecule has 0 aliphatic rings. The third kappa shape index (κ3) is 5.18. The molecule has 0 atom stereocenters. The summed E-state index contributed by atoms with van der Waals surface area (Å²) in [5, 5.41) is 9.20. The maximum atomic E-state index is 11.8. The van der Waals surface area contributed by atoms with Crippen molar-refractivity contribution in [3.8, 4) is 0 Å². The highest BCUT2D eigenvalue weighted by Gasteiger charge is 2.07. The van der Waals surface area contributed by atoms with Crippen molar-refractivity contribution >= 4 is 35.2 Å². The summed E-state index contributed by atoms with van der Waals surface area (Å²) >= 11 is 12.1. The molecule has 1 aromatic heterocycles. The van der Waals surface area contributed by atoms with E-state index in [4.69, 9.17) is 27.9 Å². The fraction of sp³-hybridized carbons (Fsp3) is 0.105. The van der Waals surface area contributed by atoms with Gasteiger partial charge in [-0.05, 0) is 35.4 Å². The van der Waals surface area contributed by atoms with E-state index in [0.29, 0.717) is 22.3 Å². The maximum absolute atomic E-state index is 11.8. The minimum absolute atomic E-state index is 0.0429. The number of carbonyl (C=O) groups is 1. The fourth-order valence-electron chi connectivity index (χ4n) is 2.24. The molecule has 0 N–H and O–H groups in total. The molecule has 26 heavy (non-hydrogen) atoms. The van der Waals surface area contributed by atoms with Crippen molar-refractivity contribution in [1.82, 2.24) is 15.0 Å². The molecule has 132 valence electrons. The van der Waals surface area contributed by atoms with Crippen molar-refractivity contribution in [2.75, 3.05) is 0 Å². The Bertz CT molecular complexity index is 924. The van der Waals surface area contributed by atoms with Crippen LogP contribution in [0.2, 0.25) is 10.0 Å². The first-order chi connectivity index (χ1) is 12.6. The lowest BCUT2D eigenvalue weighted by Gasteiger charge is -2.04. The lowest BCUT2D eigenvalue weighted by Crippen LogP contribution is -2.01. The SMILES string of the molecule is O=C(/C=C/c1ccccc1)OCc1cn(Cc2cc(Cl)ccc2Cl)nn1. The minimum atomic E-state index is -0.443. The standard InChI is InChI=1S/C19H15Cl2N3O2/c20-16-7-8-18(21)15(10-16)11-24-12-17(22-23-24)13-26-19(25)9-6-14-4-2-1-3-5-14/h1-10,12H,11,13H2/b9-6+. The number of halogens is 2. The molecule has 1 heterocycles. The number of nitrogens with zero attached hydrogens (tertiary/aromatic N) is 3. The van der Waals surface area contributed by atoms with Gasteiger partial charge >= 0.3 is 5.97 Å². The van der Waals surface area contributed by atoms with Crippen LogP contribution in [0.1, 0.15) is 16.8 Å². The molecule has 0 aliphatic carbocycles. The third-order valence-electron chi connectivity index (χ3n) is 3.50. The van der Waals surface area contributed by atoms with Crippen molar-refractivity contribution in [3.05, 3.63) is 87.7 Å². The highest BCUT2D eigenvalue weighted by atomic mass is 35.5. The predicted molar refractivity (Wildman–Crippen MR) is 101 cm³/mol. The van der Waals surface area contributed by atoms with E-state index in [0.717, 1.165) is 11.1 Å². The van der Waals surface area contributed by atoms with Crippen molar-refractivity contribution in [2.24, 2.45) is 0 Å². The molecule has 2 aromatic carbocycles. The number of carbonyl (C=O) groups excluding carboxylic acids is 1. The monoisotopic (exact) mass is 387 g/mol. The predicted octanol–water partition coefficient (Wildman–Crippen LogP) is 4.39. The zero-order chi connectivity index (χ0) is 18.4. The Kier molecular flexibility index (Phi) is 6.04. The van der Waals surface area contributed by atoms with Gasteiger partial charge in [-0.1, -0.05) is 58.7 Å². The molecule has 0 spiro atoms. The van der Waals surface area contributed by atoms with Gasteiger partial charge in [0.1, 0.15) is 12.3 Å². The molecular weight excluding hydrogens is 373 g/mol. The number of esters is 1. The molecule has 0 bridgehead atoms. The first-order valence-corrected chi connectivity index (χ1v) is 8.58. The van der Waals surface area contributed by atoms with Gasteiger partial charge in [0.2, 0.25) is 0 Å². The molecule has 3 rings (SSSR count). The summed E-state index contributed by atoms with van der Waals surface area (Å²) in [6, 6.07) is 14.7. The highest BCUT2D eigenvalue weighted by molar-refractivity contribution is 6.33. The molecule has 0 unspecified atom stereocenters. The number of hydrogen-bond donors (Lipinski definition) is 0. The van der Waals surface area contributed by atoms with E-state index in [9.17, 15) is 4.79 Å². The van der Waals surface area contributed by atoms with Crippen molar-refractivity contribution in [3.63, 3.8) is 0 Å². The number of hydrogen-bond acceptors (Lipinski definition) is 4. The summed E-state index contributed by atoms with van der Waals surface area (Å²) in [6.45, 7) is 0.468. The quantitative estimate of drug-likeness (QED) is 0.464. The Morgan fingerprint density at radius 2 is 1.96 bits per heavy atom. The molecular formula is C19H15Cl2N3O2. The van der Waals surface area contributed by atoms with Gasteiger partial charge < -0.3 is 4.74 Å². The van der Waals surface area contributed by atoms with Crippen LogP contribution >= 0.6 is 23.2 Å². The van der Waals surface area contributed by atoms with E-state index in [1.54, 1.807) is 35.2 Å². The second-order valence-electron chi connectivity index (χ2n) is 5.49. The number of benzene rings is 2. The van der Waals surface area contributed by atoms with Crippen LogP contribution in [0.15, 0.2) is 60.8 Å². The van der Waals surface area contributed by atoms with Crippen molar-refractivity contribution < 1.29 is 9.53 Å². The lowest BCUT2D eigenvalue weighted by molar-refractivity contribution is -0.139. The van der Waals surface area contributed by atoms with E-state index >= 15 is 0 Å². The molecule has 3 aromatic rings. The Morgan fingerprint density at radius 3 is 2.77 bits per heavy atom. The summed E-state index contributed by atoms with van der Waals surface area (Å²) < 4.78 is 6.78. The first-order valence-electron chi connectivity index (χ1n) is 7.83. The molecule has 0 saturated carbocycles. The number of aromatic nitrogens is 3. The van der Waals surface area contributed by atoms with Crippen LogP contribution in [-0.2, 0) is 22.7 Å². The summed E-state index contributed by atoms with van der Waals surface area (Å²) in [4.78, 5) is 11.8. The second kappa shape index (κ2) is 8.65. The van der Waals surface area contributed by atoms with Crippen molar-refractivity contribution in [1.29, 1.82) is 0 Å². The summed E-state index contributed by atoms with van der Waals surface area (Å²) in [5.41, 5.74) is 2.30. The summed E-state index contributed by atoms with van der Waals surface area (Å²) in [7, 11) is 0. The van der Waals surface area contributed by atoms with Crippen LogP contribution in [0, 0.1) is 0 Å². The molecule has 7 heteroatoms. The van der Waals surface area contributed by atoms with Gasteiger partial charge in [0.05, 0.1) is 12.7 Å². The van der Waals surface area contributed by atoms with E-state index in [-0.39, 0.29) is 6.61 Å². The van der Waals surface area contributed by atoms with Crippen LogP contribution in [0.3, 0.4) is 0 Å². The van der Waals surface area contributed by atoms with Crippen LogP contribution < -0.4 is 0 Å². The van der Waals surface area contributed by atoms with Crippen LogP contribution in [0.4, 0.5) is 0 Å². The van der Waals surface area contributed by atoms with E-state index in [1.165, 1.54) is 6.08 Å². The van der Waals surface area contributed by atoms with Gasteiger partial charge in [0.25, 0.3) is 0 Å². The zero-order valence-corrected chi connectivity index (χ0v) is 15.2. The average molecular weight is 388 g/mol. The first kappa shape index (κ1) is 18.2. The number of ether oxygens (including phenoxy) is 1.